The van der Waals surface area contributed by atoms with Crippen LogP contribution in [0, 0.1) is 5.92 Å². The van der Waals surface area contributed by atoms with Gasteiger partial charge in [-0.1, -0.05) is 13.8 Å². The highest BCUT2D eigenvalue weighted by Gasteiger charge is 2.18. The number of aromatic nitrogens is 2. The number of aryl methyl sites for hydroxylation is 1. The van der Waals surface area contributed by atoms with Gasteiger partial charge in [0.15, 0.2) is 0 Å². The fraction of sp³-hybridized carbons (Fsp3) is 0.750. The third-order valence-electron chi connectivity index (χ3n) is 3.06. The van der Waals surface area contributed by atoms with Crippen LogP contribution in [0.15, 0.2) is 12.4 Å². The van der Waals surface area contributed by atoms with Crippen molar-refractivity contribution in [3.05, 3.63) is 18.2 Å². The maximum Gasteiger partial charge on any atom is 0.122 e. The van der Waals surface area contributed by atoms with Crippen LogP contribution in [0.25, 0.3) is 0 Å². The second-order valence-corrected chi connectivity index (χ2v) is 4.74. The summed E-state index contributed by atoms with van der Waals surface area (Å²) in [6.07, 6.45) is 3.84. The molecule has 0 fully saturated rings. The Kier molecular flexibility index (Phi) is 4.96. The van der Waals surface area contributed by atoms with Gasteiger partial charge in [0.1, 0.15) is 5.82 Å². The lowest BCUT2D eigenvalue weighted by Crippen LogP contribution is -2.42. The molecule has 1 rings (SSSR count). The summed E-state index contributed by atoms with van der Waals surface area (Å²) in [5, 5.41) is 3.26. The van der Waals surface area contributed by atoms with Crippen LogP contribution in [0.1, 0.15) is 19.7 Å². The molecule has 0 amide bonds. The summed E-state index contributed by atoms with van der Waals surface area (Å²) in [4.78, 5) is 6.72. The quantitative estimate of drug-likeness (QED) is 0.785. The van der Waals surface area contributed by atoms with E-state index in [1.54, 1.807) is 0 Å². The van der Waals surface area contributed by atoms with Gasteiger partial charge in [-0.2, -0.15) is 0 Å². The van der Waals surface area contributed by atoms with Gasteiger partial charge in [-0.3, -0.25) is 4.90 Å². The Hall–Kier alpha value is -0.870. The van der Waals surface area contributed by atoms with Crippen molar-refractivity contribution >= 4 is 0 Å². The van der Waals surface area contributed by atoms with Gasteiger partial charge in [-0.25, -0.2) is 4.98 Å². The molecular formula is C12H24N4. The molecule has 92 valence electrons. The lowest BCUT2D eigenvalue weighted by atomic mass is 10.0. The van der Waals surface area contributed by atoms with Crippen LogP contribution < -0.4 is 5.32 Å². The molecule has 0 saturated heterocycles. The normalized spacial score (nSPS) is 13.7. The highest BCUT2D eigenvalue weighted by molar-refractivity contribution is 4.92. The number of hydrogen-bond donors (Lipinski definition) is 1. The molecule has 4 heteroatoms. The number of nitrogens with zero attached hydrogens (tertiary/aromatic N) is 3. The summed E-state index contributed by atoms with van der Waals surface area (Å²) >= 11 is 0. The van der Waals surface area contributed by atoms with Gasteiger partial charge in [-0.15, -0.1) is 0 Å². The van der Waals surface area contributed by atoms with Gasteiger partial charge in [-0.05, 0) is 20.0 Å². The maximum absolute atomic E-state index is 4.36. The molecule has 1 unspecified atom stereocenters. The molecule has 0 aromatic carbocycles. The summed E-state index contributed by atoms with van der Waals surface area (Å²) in [6.45, 7) is 6.43. The van der Waals surface area contributed by atoms with E-state index in [4.69, 9.17) is 0 Å². The molecule has 0 spiro atoms. The zero-order chi connectivity index (χ0) is 12.1. The van der Waals surface area contributed by atoms with Crippen molar-refractivity contribution < 1.29 is 0 Å². The van der Waals surface area contributed by atoms with Gasteiger partial charge in [0.25, 0.3) is 0 Å². The van der Waals surface area contributed by atoms with E-state index >= 15 is 0 Å². The van der Waals surface area contributed by atoms with E-state index in [0.29, 0.717) is 12.0 Å². The first kappa shape index (κ1) is 13.2. The zero-order valence-corrected chi connectivity index (χ0v) is 11.1. The third kappa shape index (κ3) is 3.32. The van der Waals surface area contributed by atoms with E-state index in [9.17, 15) is 0 Å². The fourth-order valence-corrected chi connectivity index (χ4v) is 2.00. The molecule has 1 aromatic heterocycles. The molecular weight excluding hydrogens is 200 g/mol. The molecule has 0 aliphatic rings. The average Bonchev–Trinajstić information content (AvgIpc) is 2.60. The van der Waals surface area contributed by atoms with Crippen LogP contribution in [0.4, 0.5) is 0 Å². The SMILES string of the molecule is CNCC(C(C)C)N(C)Cc1nccn1C. The van der Waals surface area contributed by atoms with Crippen molar-refractivity contribution in [2.75, 3.05) is 20.6 Å². The van der Waals surface area contributed by atoms with Crippen molar-refractivity contribution in [1.29, 1.82) is 0 Å². The molecule has 1 heterocycles. The molecule has 16 heavy (non-hydrogen) atoms. The molecule has 1 N–H and O–H groups in total. The Bertz CT molecular complexity index is 306. The third-order valence-corrected chi connectivity index (χ3v) is 3.06. The van der Waals surface area contributed by atoms with Crippen molar-refractivity contribution in [3.63, 3.8) is 0 Å². The zero-order valence-electron chi connectivity index (χ0n) is 11.1. The van der Waals surface area contributed by atoms with E-state index in [2.05, 4.69) is 40.7 Å². The summed E-state index contributed by atoms with van der Waals surface area (Å²) in [5.74, 6) is 1.75. The first-order valence-electron chi connectivity index (χ1n) is 5.87. The Morgan fingerprint density at radius 1 is 1.50 bits per heavy atom. The van der Waals surface area contributed by atoms with Crippen LogP contribution in [0.3, 0.4) is 0 Å². The van der Waals surface area contributed by atoms with Crippen LogP contribution in [0.2, 0.25) is 0 Å². The minimum absolute atomic E-state index is 0.543. The Morgan fingerprint density at radius 3 is 2.62 bits per heavy atom. The second-order valence-electron chi connectivity index (χ2n) is 4.74. The molecule has 0 radical (unpaired) electrons. The summed E-state index contributed by atoms with van der Waals surface area (Å²) in [7, 11) is 6.21. The average molecular weight is 224 g/mol. The van der Waals surface area contributed by atoms with Crippen LogP contribution >= 0.6 is 0 Å². The summed E-state index contributed by atoms with van der Waals surface area (Å²) < 4.78 is 2.08. The molecule has 1 aromatic rings. The number of imidazole rings is 1. The lowest BCUT2D eigenvalue weighted by molar-refractivity contribution is 0.177. The van der Waals surface area contributed by atoms with Crippen LogP contribution in [-0.4, -0.2) is 41.1 Å². The topological polar surface area (TPSA) is 33.1 Å². The highest BCUT2D eigenvalue weighted by Crippen LogP contribution is 2.11. The summed E-state index contributed by atoms with van der Waals surface area (Å²) in [5.41, 5.74) is 0. The van der Waals surface area contributed by atoms with Gasteiger partial charge >= 0.3 is 0 Å². The van der Waals surface area contributed by atoms with Crippen LogP contribution in [-0.2, 0) is 13.6 Å². The van der Waals surface area contributed by atoms with E-state index < -0.39 is 0 Å². The number of hydrogen-bond acceptors (Lipinski definition) is 3. The van der Waals surface area contributed by atoms with E-state index in [-0.39, 0.29) is 0 Å². The minimum Gasteiger partial charge on any atom is -0.337 e. The van der Waals surface area contributed by atoms with Crippen molar-refractivity contribution in [2.45, 2.75) is 26.4 Å². The molecule has 0 aliphatic carbocycles. The first-order chi connectivity index (χ1) is 7.56. The Labute approximate surface area is 98.7 Å². The first-order valence-corrected chi connectivity index (χ1v) is 5.87. The van der Waals surface area contributed by atoms with E-state index in [0.717, 1.165) is 18.9 Å². The van der Waals surface area contributed by atoms with E-state index in [1.807, 2.05) is 26.5 Å². The van der Waals surface area contributed by atoms with Crippen molar-refractivity contribution in [1.82, 2.24) is 19.8 Å². The van der Waals surface area contributed by atoms with Crippen molar-refractivity contribution in [3.8, 4) is 0 Å². The molecule has 0 saturated carbocycles. The molecule has 0 bridgehead atoms. The van der Waals surface area contributed by atoms with Crippen molar-refractivity contribution in [2.24, 2.45) is 13.0 Å². The molecule has 4 nitrogen and oxygen atoms in total. The molecule has 1 atom stereocenters. The summed E-state index contributed by atoms with van der Waals surface area (Å²) in [6, 6.07) is 0.543. The maximum atomic E-state index is 4.36. The predicted molar refractivity (Wildman–Crippen MR) is 67.2 cm³/mol. The smallest absolute Gasteiger partial charge is 0.122 e. The number of nitrogens with one attached hydrogen (secondary N) is 1. The fourth-order valence-electron chi connectivity index (χ4n) is 2.00. The highest BCUT2D eigenvalue weighted by atomic mass is 15.2. The minimum atomic E-state index is 0.543. The Morgan fingerprint density at radius 2 is 2.19 bits per heavy atom. The lowest BCUT2D eigenvalue weighted by Gasteiger charge is -2.30. The van der Waals surface area contributed by atoms with Gasteiger partial charge in [0.2, 0.25) is 0 Å². The van der Waals surface area contributed by atoms with Crippen LogP contribution in [0.5, 0.6) is 0 Å². The number of likely N-dealkylation sites (N-methyl/N-ethyl adjacent to an activating group) is 2. The second kappa shape index (κ2) is 6.01. The van der Waals surface area contributed by atoms with Gasteiger partial charge < -0.3 is 9.88 Å². The Balaban J connectivity index is 2.62. The standard InChI is InChI=1S/C12H24N4/c1-10(2)11(8-13-3)16(5)9-12-14-6-7-15(12)4/h6-7,10-11,13H,8-9H2,1-5H3. The largest absolute Gasteiger partial charge is 0.337 e. The molecule has 0 aliphatic heterocycles. The van der Waals surface area contributed by atoms with Gasteiger partial charge in [0.05, 0.1) is 6.54 Å². The predicted octanol–water partition coefficient (Wildman–Crippen LogP) is 1.10. The van der Waals surface area contributed by atoms with E-state index in [1.165, 1.54) is 0 Å². The number of rotatable bonds is 6. The van der Waals surface area contributed by atoms with Gasteiger partial charge in [0, 0.05) is 32.0 Å². The monoisotopic (exact) mass is 224 g/mol.